The first-order valence-electron chi connectivity index (χ1n) is 6.27. The summed E-state index contributed by atoms with van der Waals surface area (Å²) in [6, 6.07) is 0. The molecule has 0 spiro atoms. The van der Waals surface area contributed by atoms with Gasteiger partial charge in [0.25, 0.3) is 0 Å². The zero-order valence-electron chi connectivity index (χ0n) is 10.0. The fraction of sp³-hybridized carbons (Fsp3) is 1.00. The van der Waals surface area contributed by atoms with Crippen molar-refractivity contribution < 1.29 is 4.74 Å². The SMILES string of the molecule is CC1CN(C2(CN)CCCC2)CC(C)O1. The Kier molecular flexibility index (Phi) is 3.33. The van der Waals surface area contributed by atoms with E-state index in [1.54, 1.807) is 0 Å². The van der Waals surface area contributed by atoms with Crippen molar-refractivity contribution in [3.05, 3.63) is 0 Å². The molecule has 15 heavy (non-hydrogen) atoms. The van der Waals surface area contributed by atoms with Crippen LogP contribution >= 0.6 is 0 Å². The highest BCUT2D eigenvalue weighted by Crippen LogP contribution is 2.36. The van der Waals surface area contributed by atoms with Crippen LogP contribution in [0.3, 0.4) is 0 Å². The minimum Gasteiger partial charge on any atom is -0.373 e. The fourth-order valence-electron chi connectivity index (χ4n) is 3.25. The quantitative estimate of drug-likeness (QED) is 0.751. The van der Waals surface area contributed by atoms with Crippen LogP contribution < -0.4 is 5.73 Å². The van der Waals surface area contributed by atoms with Crippen molar-refractivity contribution in [2.24, 2.45) is 5.73 Å². The Bertz CT molecular complexity index is 204. The van der Waals surface area contributed by atoms with Crippen LogP contribution in [0.25, 0.3) is 0 Å². The maximum Gasteiger partial charge on any atom is 0.0678 e. The first-order chi connectivity index (χ1) is 7.16. The lowest BCUT2D eigenvalue weighted by atomic mass is 9.93. The van der Waals surface area contributed by atoms with Gasteiger partial charge in [0.1, 0.15) is 0 Å². The van der Waals surface area contributed by atoms with Crippen molar-refractivity contribution in [1.82, 2.24) is 4.90 Å². The predicted molar refractivity (Wildman–Crippen MR) is 61.8 cm³/mol. The molecule has 1 saturated heterocycles. The van der Waals surface area contributed by atoms with Gasteiger partial charge in [0, 0.05) is 25.2 Å². The molecule has 3 heteroatoms. The minimum absolute atomic E-state index is 0.298. The summed E-state index contributed by atoms with van der Waals surface area (Å²) in [5.41, 5.74) is 6.31. The first kappa shape index (κ1) is 11.4. The Morgan fingerprint density at radius 2 is 1.73 bits per heavy atom. The first-order valence-corrected chi connectivity index (χ1v) is 6.27. The zero-order valence-corrected chi connectivity index (χ0v) is 10.0. The fourth-order valence-corrected chi connectivity index (χ4v) is 3.25. The van der Waals surface area contributed by atoms with Gasteiger partial charge in [0.2, 0.25) is 0 Å². The maximum atomic E-state index is 6.01. The van der Waals surface area contributed by atoms with Crippen LogP contribution in [0.4, 0.5) is 0 Å². The second kappa shape index (κ2) is 4.40. The molecule has 0 aromatic carbocycles. The Balaban J connectivity index is 2.07. The third-order valence-corrected chi connectivity index (χ3v) is 4.00. The number of nitrogens with two attached hydrogens (primary N) is 1. The van der Waals surface area contributed by atoms with Gasteiger partial charge >= 0.3 is 0 Å². The summed E-state index contributed by atoms with van der Waals surface area (Å²) in [5, 5.41) is 0. The summed E-state index contributed by atoms with van der Waals surface area (Å²) in [4.78, 5) is 2.60. The van der Waals surface area contributed by atoms with Gasteiger partial charge in [-0.3, -0.25) is 4.90 Å². The standard InChI is InChI=1S/C12H24N2O/c1-10-7-14(8-11(2)15-10)12(9-13)5-3-4-6-12/h10-11H,3-9,13H2,1-2H3. The molecule has 88 valence electrons. The van der Waals surface area contributed by atoms with E-state index in [9.17, 15) is 0 Å². The highest BCUT2D eigenvalue weighted by molar-refractivity contribution is 4.98. The van der Waals surface area contributed by atoms with E-state index in [0.29, 0.717) is 17.7 Å². The summed E-state index contributed by atoms with van der Waals surface area (Å²) < 4.78 is 5.78. The molecule has 1 aliphatic heterocycles. The van der Waals surface area contributed by atoms with E-state index in [1.807, 2.05) is 0 Å². The molecule has 2 rings (SSSR count). The third-order valence-electron chi connectivity index (χ3n) is 4.00. The van der Waals surface area contributed by atoms with Crippen LogP contribution in [0.5, 0.6) is 0 Å². The number of hydrogen-bond acceptors (Lipinski definition) is 3. The number of ether oxygens (including phenoxy) is 1. The molecule has 0 bridgehead atoms. The van der Waals surface area contributed by atoms with Gasteiger partial charge in [-0.25, -0.2) is 0 Å². The molecular formula is C12H24N2O. The van der Waals surface area contributed by atoms with Gasteiger partial charge in [0.15, 0.2) is 0 Å². The number of morpholine rings is 1. The summed E-state index contributed by atoms with van der Waals surface area (Å²) in [6.45, 7) is 7.26. The lowest BCUT2D eigenvalue weighted by molar-refractivity contribution is -0.0995. The summed E-state index contributed by atoms with van der Waals surface area (Å²) in [5.74, 6) is 0. The van der Waals surface area contributed by atoms with E-state index in [1.165, 1.54) is 25.7 Å². The Hall–Kier alpha value is -0.120. The summed E-state index contributed by atoms with van der Waals surface area (Å²) >= 11 is 0. The smallest absolute Gasteiger partial charge is 0.0678 e. The molecule has 0 radical (unpaired) electrons. The van der Waals surface area contributed by atoms with Gasteiger partial charge in [0.05, 0.1) is 12.2 Å². The van der Waals surface area contributed by atoms with Crippen molar-refractivity contribution in [2.45, 2.75) is 57.3 Å². The molecule has 1 aliphatic carbocycles. The van der Waals surface area contributed by atoms with Gasteiger partial charge < -0.3 is 10.5 Å². The van der Waals surface area contributed by atoms with Gasteiger partial charge in [-0.15, -0.1) is 0 Å². The van der Waals surface area contributed by atoms with Crippen molar-refractivity contribution in [3.8, 4) is 0 Å². The molecule has 3 nitrogen and oxygen atoms in total. The average molecular weight is 212 g/mol. The van der Waals surface area contributed by atoms with E-state index >= 15 is 0 Å². The van der Waals surface area contributed by atoms with Crippen LogP contribution in [-0.2, 0) is 4.74 Å². The largest absolute Gasteiger partial charge is 0.373 e. The van der Waals surface area contributed by atoms with Crippen molar-refractivity contribution in [1.29, 1.82) is 0 Å². The molecule has 2 atom stereocenters. The molecule has 2 N–H and O–H groups in total. The lowest BCUT2D eigenvalue weighted by Crippen LogP contribution is -2.59. The van der Waals surface area contributed by atoms with E-state index in [-0.39, 0.29) is 0 Å². The molecular weight excluding hydrogens is 188 g/mol. The molecule has 2 aliphatic rings. The van der Waals surface area contributed by atoms with E-state index in [4.69, 9.17) is 10.5 Å². The van der Waals surface area contributed by atoms with Gasteiger partial charge in [-0.1, -0.05) is 12.8 Å². The van der Waals surface area contributed by atoms with Crippen molar-refractivity contribution >= 4 is 0 Å². The topological polar surface area (TPSA) is 38.5 Å². The summed E-state index contributed by atoms with van der Waals surface area (Å²) in [7, 11) is 0. The van der Waals surface area contributed by atoms with E-state index in [0.717, 1.165) is 19.6 Å². The molecule has 1 saturated carbocycles. The molecule has 0 aromatic heterocycles. The lowest BCUT2D eigenvalue weighted by Gasteiger charge is -2.46. The van der Waals surface area contributed by atoms with Gasteiger partial charge in [-0.05, 0) is 26.7 Å². The van der Waals surface area contributed by atoms with Crippen LogP contribution in [0.2, 0.25) is 0 Å². The second-order valence-electron chi connectivity index (χ2n) is 5.30. The Labute approximate surface area is 93.0 Å². The molecule has 1 heterocycles. The molecule has 0 aromatic rings. The number of rotatable bonds is 2. The average Bonchev–Trinajstić information content (AvgIpc) is 2.65. The zero-order chi connectivity index (χ0) is 10.9. The van der Waals surface area contributed by atoms with Crippen molar-refractivity contribution in [2.75, 3.05) is 19.6 Å². The van der Waals surface area contributed by atoms with Crippen LogP contribution in [0.1, 0.15) is 39.5 Å². The highest BCUT2D eigenvalue weighted by Gasteiger charge is 2.41. The Morgan fingerprint density at radius 1 is 1.20 bits per heavy atom. The number of hydrogen-bond donors (Lipinski definition) is 1. The molecule has 0 amide bonds. The molecule has 2 unspecified atom stereocenters. The predicted octanol–water partition coefficient (Wildman–Crippen LogP) is 1.37. The van der Waals surface area contributed by atoms with E-state index in [2.05, 4.69) is 18.7 Å². The van der Waals surface area contributed by atoms with Crippen LogP contribution in [0, 0.1) is 0 Å². The van der Waals surface area contributed by atoms with Crippen molar-refractivity contribution in [3.63, 3.8) is 0 Å². The van der Waals surface area contributed by atoms with Crippen LogP contribution in [-0.4, -0.2) is 42.3 Å². The second-order valence-corrected chi connectivity index (χ2v) is 5.30. The van der Waals surface area contributed by atoms with Gasteiger partial charge in [-0.2, -0.15) is 0 Å². The maximum absolute atomic E-state index is 6.01. The van der Waals surface area contributed by atoms with Crippen LogP contribution in [0.15, 0.2) is 0 Å². The highest BCUT2D eigenvalue weighted by atomic mass is 16.5. The number of nitrogens with zero attached hydrogens (tertiary/aromatic N) is 1. The normalized spacial score (nSPS) is 37.0. The Morgan fingerprint density at radius 3 is 2.20 bits per heavy atom. The third kappa shape index (κ3) is 2.19. The van der Waals surface area contributed by atoms with E-state index < -0.39 is 0 Å². The summed E-state index contributed by atoms with van der Waals surface area (Å²) in [6.07, 6.45) is 5.97. The molecule has 2 fully saturated rings. The minimum atomic E-state index is 0.298. The monoisotopic (exact) mass is 212 g/mol.